The first-order chi connectivity index (χ1) is 8.66. The van der Waals surface area contributed by atoms with E-state index in [1.807, 2.05) is 18.2 Å². The van der Waals surface area contributed by atoms with E-state index in [1.165, 1.54) is 5.56 Å². The number of aryl methyl sites for hydroxylation is 2. The molecule has 3 nitrogen and oxygen atoms in total. The largest absolute Gasteiger partial charge is 0.398 e. The summed E-state index contributed by atoms with van der Waals surface area (Å²) in [4.78, 5) is 11.8. The predicted molar refractivity (Wildman–Crippen MR) is 77.6 cm³/mol. The second kappa shape index (κ2) is 5.87. The molecule has 1 aromatic heterocycles. The molecule has 0 unspecified atom stereocenters. The normalized spacial score (nSPS) is 10.5. The van der Waals surface area contributed by atoms with Gasteiger partial charge in [0.25, 0.3) is 5.56 Å². The van der Waals surface area contributed by atoms with Gasteiger partial charge in [0, 0.05) is 18.4 Å². The minimum Gasteiger partial charge on any atom is -0.398 e. The Kier molecular flexibility index (Phi) is 4.20. The van der Waals surface area contributed by atoms with Gasteiger partial charge in [0.1, 0.15) is 0 Å². The third kappa shape index (κ3) is 3.23. The van der Waals surface area contributed by atoms with E-state index < -0.39 is 0 Å². The van der Waals surface area contributed by atoms with Crippen LogP contribution in [0.2, 0.25) is 0 Å². The first-order valence-corrected chi connectivity index (χ1v) is 6.65. The van der Waals surface area contributed by atoms with Crippen LogP contribution in [0.15, 0.2) is 51.9 Å². The molecule has 1 aromatic carbocycles. The van der Waals surface area contributed by atoms with Gasteiger partial charge in [-0.3, -0.25) is 4.79 Å². The summed E-state index contributed by atoms with van der Waals surface area (Å²) in [7, 11) is 0. The van der Waals surface area contributed by atoms with Crippen LogP contribution in [-0.2, 0) is 13.0 Å². The summed E-state index contributed by atoms with van der Waals surface area (Å²) < 4.78 is 2.17. The molecule has 0 amide bonds. The number of anilines is 1. The molecular weight excluding hydrogens is 292 g/mol. The number of pyridine rings is 1. The zero-order valence-electron chi connectivity index (χ0n) is 9.97. The second-order valence-electron chi connectivity index (χ2n) is 4.21. The summed E-state index contributed by atoms with van der Waals surface area (Å²) in [6, 6.07) is 11.9. The van der Waals surface area contributed by atoms with Crippen LogP contribution in [0.1, 0.15) is 12.0 Å². The number of nitrogens with two attached hydrogens (primary N) is 1. The Balaban J connectivity index is 2.01. The number of hydrogen-bond acceptors (Lipinski definition) is 2. The molecule has 0 atom stereocenters. The number of benzene rings is 1. The number of nitrogens with zero attached hydrogens (tertiary/aromatic N) is 1. The molecule has 0 saturated heterocycles. The zero-order chi connectivity index (χ0) is 13.0. The van der Waals surface area contributed by atoms with E-state index in [9.17, 15) is 4.79 Å². The van der Waals surface area contributed by atoms with E-state index in [2.05, 4.69) is 28.1 Å². The van der Waals surface area contributed by atoms with E-state index in [0.29, 0.717) is 16.7 Å². The van der Waals surface area contributed by atoms with E-state index in [-0.39, 0.29) is 5.56 Å². The van der Waals surface area contributed by atoms with Gasteiger partial charge in [-0.25, -0.2) is 0 Å². The van der Waals surface area contributed by atoms with Gasteiger partial charge in [0.05, 0.1) is 4.47 Å². The van der Waals surface area contributed by atoms with E-state index in [4.69, 9.17) is 5.73 Å². The maximum atomic E-state index is 11.8. The van der Waals surface area contributed by atoms with Crippen LogP contribution in [0.25, 0.3) is 0 Å². The van der Waals surface area contributed by atoms with Gasteiger partial charge >= 0.3 is 0 Å². The maximum Gasteiger partial charge on any atom is 0.264 e. The van der Waals surface area contributed by atoms with Gasteiger partial charge in [-0.2, -0.15) is 0 Å². The first kappa shape index (κ1) is 12.9. The highest BCUT2D eigenvalue weighted by Gasteiger charge is 2.02. The molecule has 0 aliphatic heterocycles. The molecule has 0 aliphatic rings. The lowest BCUT2D eigenvalue weighted by Crippen LogP contribution is -2.21. The Labute approximate surface area is 114 Å². The molecule has 2 N–H and O–H groups in total. The molecule has 4 heteroatoms. The minimum absolute atomic E-state index is 0.0303. The Morgan fingerprint density at radius 2 is 1.94 bits per heavy atom. The van der Waals surface area contributed by atoms with E-state index in [0.717, 1.165) is 12.8 Å². The lowest BCUT2D eigenvalue weighted by Gasteiger charge is -2.07. The van der Waals surface area contributed by atoms with E-state index >= 15 is 0 Å². The van der Waals surface area contributed by atoms with Crippen molar-refractivity contribution in [3.05, 3.63) is 63.0 Å². The van der Waals surface area contributed by atoms with Crippen LogP contribution in [-0.4, -0.2) is 4.57 Å². The number of halogens is 1. The van der Waals surface area contributed by atoms with Gasteiger partial charge in [0.2, 0.25) is 0 Å². The van der Waals surface area contributed by atoms with Crippen LogP contribution in [0, 0.1) is 0 Å². The average Bonchev–Trinajstić information content (AvgIpc) is 2.36. The lowest BCUT2D eigenvalue weighted by molar-refractivity contribution is 0.621. The number of hydrogen-bond donors (Lipinski definition) is 1. The molecule has 0 spiro atoms. The summed E-state index contributed by atoms with van der Waals surface area (Å²) in [5, 5.41) is 0. The third-order valence-electron chi connectivity index (χ3n) is 2.77. The van der Waals surface area contributed by atoms with Crippen molar-refractivity contribution in [1.29, 1.82) is 0 Å². The van der Waals surface area contributed by atoms with Gasteiger partial charge in [-0.05, 0) is 40.4 Å². The standard InChI is InChI=1S/C14H15BrN2O/c15-13-9-12(16)10-17(14(13)18)8-4-7-11-5-2-1-3-6-11/h1-3,5-6,9-10H,4,7-8,16H2. The quantitative estimate of drug-likeness (QED) is 0.944. The highest BCUT2D eigenvalue weighted by atomic mass is 79.9. The van der Waals surface area contributed by atoms with Gasteiger partial charge < -0.3 is 10.3 Å². The summed E-state index contributed by atoms with van der Waals surface area (Å²) in [5.74, 6) is 0. The van der Waals surface area contributed by atoms with Crippen molar-refractivity contribution < 1.29 is 0 Å². The predicted octanol–water partition coefficient (Wildman–Crippen LogP) is 2.83. The number of aromatic nitrogens is 1. The van der Waals surface area contributed by atoms with Gasteiger partial charge in [-0.1, -0.05) is 30.3 Å². The summed E-state index contributed by atoms with van der Waals surface area (Å²) >= 11 is 3.22. The third-order valence-corrected chi connectivity index (χ3v) is 3.34. The van der Waals surface area contributed by atoms with Crippen molar-refractivity contribution in [1.82, 2.24) is 4.57 Å². The Morgan fingerprint density at radius 3 is 2.67 bits per heavy atom. The molecule has 0 bridgehead atoms. The summed E-state index contributed by atoms with van der Waals surface area (Å²) in [6.07, 6.45) is 3.57. The van der Waals surface area contributed by atoms with Crippen LogP contribution >= 0.6 is 15.9 Å². The first-order valence-electron chi connectivity index (χ1n) is 5.86. The Hall–Kier alpha value is -1.55. The van der Waals surface area contributed by atoms with Crippen molar-refractivity contribution in [3.8, 4) is 0 Å². The molecule has 18 heavy (non-hydrogen) atoms. The molecule has 2 aromatic rings. The lowest BCUT2D eigenvalue weighted by atomic mass is 10.1. The fourth-order valence-corrected chi connectivity index (χ4v) is 2.38. The number of nitrogen functional groups attached to an aromatic ring is 1. The summed E-state index contributed by atoms with van der Waals surface area (Å²) in [6.45, 7) is 0.678. The maximum absolute atomic E-state index is 11.8. The molecule has 0 aliphatic carbocycles. The highest BCUT2D eigenvalue weighted by Crippen LogP contribution is 2.09. The van der Waals surface area contributed by atoms with Crippen molar-refractivity contribution in [3.63, 3.8) is 0 Å². The fraction of sp³-hybridized carbons (Fsp3) is 0.214. The zero-order valence-corrected chi connectivity index (χ0v) is 11.6. The van der Waals surface area contributed by atoms with Crippen molar-refractivity contribution in [2.24, 2.45) is 0 Å². The molecule has 94 valence electrons. The second-order valence-corrected chi connectivity index (χ2v) is 5.06. The van der Waals surface area contributed by atoms with Crippen LogP contribution in [0.5, 0.6) is 0 Å². The van der Waals surface area contributed by atoms with Crippen molar-refractivity contribution in [2.45, 2.75) is 19.4 Å². The topological polar surface area (TPSA) is 48.0 Å². The molecule has 0 saturated carbocycles. The molecule has 1 heterocycles. The monoisotopic (exact) mass is 306 g/mol. The van der Waals surface area contributed by atoms with Crippen molar-refractivity contribution >= 4 is 21.6 Å². The molecule has 0 radical (unpaired) electrons. The van der Waals surface area contributed by atoms with Crippen LogP contribution < -0.4 is 11.3 Å². The molecule has 2 rings (SSSR count). The van der Waals surface area contributed by atoms with Crippen LogP contribution in [0.3, 0.4) is 0 Å². The van der Waals surface area contributed by atoms with Crippen molar-refractivity contribution in [2.75, 3.05) is 5.73 Å². The Bertz CT molecular complexity index is 578. The average molecular weight is 307 g/mol. The van der Waals surface area contributed by atoms with Gasteiger partial charge in [-0.15, -0.1) is 0 Å². The minimum atomic E-state index is -0.0303. The molecule has 0 fully saturated rings. The smallest absolute Gasteiger partial charge is 0.264 e. The number of rotatable bonds is 4. The SMILES string of the molecule is Nc1cc(Br)c(=O)n(CCCc2ccccc2)c1. The molecular formula is C14H15BrN2O. The van der Waals surface area contributed by atoms with Crippen LogP contribution in [0.4, 0.5) is 5.69 Å². The van der Waals surface area contributed by atoms with E-state index in [1.54, 1.807) is 16.8 Å². The summed E-state index contributed by atoms with van der Waals surface area (Å²) in [5.41, 5.74) is 7.58. The highest BCUT2D eigenvalue weighted by molar-refractivity contribution is 9.10. The fourth-order valence-electron chi connectivity index (χ4n) is 1.89. The van der Waals surface area contributed by atoms with Gasteiger partial charge in [0.15, 0.2) is 0 Å². The Morgan fingerprint density at radius 1 is 1.22 bits per heavy atom.